The van der Waals surface area contributed by atoms with Crippen LogP contribution in [0.4, 0.5) is 0 Å². The SMILES string of the molecule is C=CC(=O)C(C)(Cl)C#N. The number of nitrogens with zero attached hydrogens (tertiary/aromatic N) is 1. The van der Waals surface area contributed by atoms with Crippen molar-refractivity contribution in [3.05, 3.63) is 12.7 Å². The Morgan fingerprint density at radius 1 is 2.00 bits per heavy atom. The van der Waals surface area contributed by atoms with E-state index in [1.807, 2.05) is 0 Å². The van der Waals surface area contributed by atoms with Gasteiger partial charge in [-0.3, -0.25) is 4.79 Å². The Hall–Kier alpha value is -0.810. The first-order valence-electron chi connectivity index (χ1n) is 2.31. The monoisotopic (exact) mass is 143 g/mol. The Balaban J connectivity index is 4.37. The van der Waals surface area contributed by atoms with Gasteiger partial charge in [0, 0.05) is 0 Å². The van der Waals surface area contributed by atoms with Gasteiger partial charge in [-0.2, -0.15) is 5.26 Å². The number of carbonyl (C=O) groups is 1. The molecule has 0 aromatic carbocycles. The number of rotatable bonds is 2. The lowest BCUT2D eigenvalue weighted by atomic mass is 10.1. The van der Waals surface area contributed by atoms with E-state index in [0.29, 0.717) is 0 Å². The van der Waals surface area contributed by atoms with Crippen LogP contribution in [0.1, 0.15) is 6.92 Å². The zero-order chi connectivity index (χ0) is 7.49. The molecule has 0 fully saturated rings. The fraction of sp³-hybridized carbons (Fsp3) is 0.333. The van der Waals surface area contributed by atoms with Crippen LogP contribution in [0, 0.1) is 11.3 Å². The average Bonchev–Trinajstić information content (AvgIpc) is 1.86. The van der Waals surface area contributed by atoms with Gasteiger partial charge in [-0.05, 0) is 13.0 Å². The quantitative estimate of drug-likeness (QED) is 0.431. The molecule has 0 heterocycles. The molecule has 0 N–H and O–H groups in total. The lowest BCUT2D eigenvalue weighted by Crippen LogP contribution is -2.24. The van der Waals surface area contributed by atoms with Gasteiger partial charge in [-0.1, -0.05) is 18.2 Å². The molecule has 2 nitrogen and oxygen atoms in total. The molecule has 9 heavy (non-hydrogen) atoms. The Labute approximate surface area is 58.7 Å². The van der Waals surface area contributed by atoms with Crippen LogP contribution in [0.5, 0.6) is 0 Å². The van der Waals surface area contributed by atoms with Crippen LogP contribution in [0.3, 0.4) is 0 Å². The molecule has 0 amide bonds. The number of hydrogen-bond donors (Lipinski definition) is 0. The van der Waals surface area contributed by atoms with Crippen molar-refractivity contribution in [3.63, 3.8) is 0 Å². The molecule has 0 saturated heterocycles. The molecule has 0 bridgehead atoms. The van der Waals surface area contributed by atoms with Gasteiger partial charge >= 0.3 is 0 Å². The molecular weight excluding hydrogens is 138 g/mol. The molecule has 48 valence electrons. The first-order valence-corrected chi connectivity index (χ1v) is 2.69. The number of ketones is 1. The molecular formula is C6H6ClNO. The Morgan fingerprint density at radius 3 is 2.56 bits per heavy atom. The van der Waals surface area contributed by atoms with Crippen LogP contribution < -0.4 is 0 Å². The summed E-state index contributed by atoms with van der Waals surface area (Å²) in [5, 5.41) is 8.25. The molecule has 1 unspecified atom stereocenters. The first-order chi connectivity index (χ1) is 4.04. The Kier molecular flexibility index (Phi) is 2.41. The second-order valence-electron chi connectivity index (χ2n) is 1.68. The fourth-order valence-corrected chi connectivity index (χ4v) is 0.324. The maximum absolute atomic E-state index is 10.6. The van der Waals surface area contributed by atoms with E-state index in [0.717, 1.165) is 6.08 Å². The van der Waals surface area contributed by atoms with E-state index in [1.165, 1.54) is 6.92 Å². The highest BCUT2D eigenvalue weighted by atomic mass is 35.5. The number of allylic oxidation sites excluding steroid dienone is 1. The third-order valence-electron chi connectivity index (χ3n) is 0.858. The molecule has 3 heteroatoms. The number of alkyl halides is 1. The smallest absolute Gasteiger partial charge is 0.190 e. The zero-order valence-electron chi connectivity index (χ0n) is 5.02. The number of hydrogen-bond acceptors (Lipinski definition) is 2. The molecule has 0 aliphatic rings. The average molecular weight is 144 g/mol. The van der Waals surface area contributed by atoms with Gasteiger partial charge in [0.15, 0.2) is 10.7 Å². The molecule has 0 aromatic heterocycles. The maximum atomic E-state index is 10.6. The molecule has 1 atom stereocenters. The topological polar surface area (TPSA) is 40.9 Å². The minimum absolute atomic E-state index is 0.466. The second-order valence-corrected chi connectivity index (χ2v) is 2.44. The summed E-state index contributed by atoms with van der Waals surface area (Å²) in [6.45, 7) is 4.52. The first kappa shape index (κ1) is 8.19. The van der Waals surface area contributed by atoms with Crippen molar-refractivity contribution in [1.29, 1.82) is 5.26 Å². The normalized spacial score (nSPS) is 15.2. The molecule has 0 saturated carbocycles. The summed E-state index contributed by atoms with van der Waals surface area (Å²) in [6, 6.07) is 1.64. The van der Waals surface area contributed by atoms with E-state index in [-0.39, 0.29) is 0 Å². The van der Waals surface area contributed by atoms with Crippen LogP contribution in [0.2, 0.25) is 0 Å². The van der Waals surface area contributed by atoms with E-state index < -0.39 is 10.7 Å². The van der Waals surface area contributed by atoms with Gasteiger partial charge in [0.25, 0.3) is 0 Å². The third-order valence-corrected chi connectivity index (χ3v) is 1.13. The number of halogens is 1. The minimum Gasteiger partial charge on any atom is -0.292 e. The van der Waals surface area contributed by atoms with Gasteiger partial charge in [-0.15, -0.1) is 0 Å². The summed E-state index contributed by atoms with van der Waals surface area (Å²) in [7, 11) is 0. The van der Waals surface area contributed by atoms with Crippen LogP contribution in [-0.4, -0.2) is 10.7 Å². The van der Waals surface area contributed by atoms with Crippen molar-refractivity contribution in [2.75, 3.05) is 0 Å². The van der Waals surface area contributed by atoms with Crippen LogP contribution in [-0.2, 0) is 4.79 Å². The van der Waals surface area contributed by atoms with Crippen LogP contribution in [0.25, 0.3) is 0 Å². The Bertz CT molecular complexity index is 178. The lowest BCUT2D eigenvalue weighted by molar-refractivity contribution is -0.115. The van der Waals surface area contributed by atoms with Crippen LogP contribution in [0.15, 0.2) is 12.7 Å². The van der Waals surface area contributed by atoms with Gasteiger partial charge in [-0.25, -0.2) is 0 Å². The summed E-state index contributed by atoms with van der Waals surface area (Å²) >= 11 is 5.39. The van der Waals surface area contributed by atoms with Crippen molar-refractivity contribution >= 4 is 17.4 Å². The fourth-order valence-electron chi connectivity index (χ4n) is 0.247. The Morgan fingerprint density at radius 2 is 2.44 bits per heavy atom. The molecule has 0 radical (unpaired) electrons. The van der Waals surface area contributed by atoms with Gasteiger partial charge < -0.3 is 0 Å². The molecule has 0 aliphatic carbocycles. The number of carbonyl (C=O) groups excluding carboxylic acids is 1. The van der Waals surface area contributed by atoms with Gasteiger partial charge in [0.05, 0.1) is 6.07 Å². The minimum atomic E-state index is -1.43. The van der Waals surface area contributed by atoms with Crippen molar-refractivity contribution < 1.29 is 4.79 Å². The summed E-state index contributed by atoms with van der Waals surface area (Å²) in [6.07, 6.45) is 1.04. The highest BCUT2D eigenvalue weighted by molar-refractivity contribution is 6.38. The van der Waals surface area contributed by atoms with Crippen molar-refractivity contribution in [1.82, 2.24) is 0 Å². The predicted molar refractivity (Wildman–Crippen MR) is 35.1 cm³/mol. The highest BCUT2D eigenvalue weighted by Gasteiger charge is 2.26. The van der Waals surface area contributed by atoms with E-state index in [2.05, 4.69) is 6.58 Å². The highest BCUT2D eigenvalue weighted by Crippen LogP contribution is 2.13. The molecule has 0 aliphatic heterocycles. The summed E-state index contributed by atoms with van der Waals surface area (Å²) in [4.78, 5) is 9.16. The second kappa shape index (κ2) is 2.65. The predicted octanol–water partition coefficient (Wildman–Crippen LogP) is 1.26. The molecule has 0 rings (SSSR count). The summed E-state index contributed by atoms with van der Waals surface area (Å²) < 4.78 is 0. The van der Waals surface area contributed by atoms with Crippen LogP contribution >= 0.6 is 11.6 Å². The standard InChI is InChI=1S/C6H6ClNO/c1-3-5(9)6(2,7)4-8/h3H,1H2,2H3. The maximum Gasteiger partial charge on any atom is 0.190 e. The van der Waals surface area contributed by atoms with E-state index >= 15 is 0 Å². The summed E-state index contributed by atoms with van der Waals surface area (Å²) in [5.74, 6) is -0.466. The van der Waals surface area contributed by atoms with E-state index in [1.54, 1.807) is 6.07 Å². The largest absolute Gasteiger partial charge is 0.292 e. The third kappa shape index (κ3) is 1.87. The number of nitriles is 1. The molecule has 0 spiro atoms. The van der Waals surface area contributed by atoms with Gasteiger partial charge in [0.1, 0.15) is 0 Å². The lowest BCUT2D eigenvalue weighted by Gasteiger charge is -2.05. The van der Waals surface area contributed by atoms with Crippen molar-refractivity contribution in [2.24, 2.45) is 0 Å². The van der Waals surface area contributed by atoms with Gasteiger partial charge in [0.2, 0.25) is 0 Å². The van der Waals surface area contributed by atoms with Crippen molar-refractivity contribution in [3.8, 4) is 6.07 Å². The zero-order valence-corrected chi connectivity index (χ0v) is 5.77. The summed E-state index contributed by atoms with van der Waals surface area (Å²) in [5.41, 5.74) is 0. The van der Waals surface area contributed by atoms with Crippen molar-refractivity contribution in [2.45, 2.75) is 11.8 Å². The van der Waals surface area contributed by atoms with E-state index in [9.17, 15) is 4.79 Å². The van der Waals surface area contributed by atoms with E-state index in [4.69, 9.17) is 16.9 Å². The molecule has 0 aromatic rings.